The van der Waals surface area contributed by atoms with Crippen molar-refractivity contribution in [3.8, 4) is 0 Å². The SMILES string of the molecule is CNc1ccc(C(=O)N2CCOCC2)cc1[N+](=O)[O-]. The van der Waals surface area contributed by atoms with Crippen molar-refractivity contribution in [2.24, 2.45) is 0 Å². The van der Waals surface area contributed by atoms with Crippen LogP contribution in [-0.2, 0) is 4.74 Å². The Hall–Kier alpha value is -2.15. The van der Waals surface area contributed by atoms with E-state index in [-0.39, 0.29) is 11.6 Å². The van der Waals surface area contributed by atoms with E-state index in [2.05, 4.69) is 5.32 Å². The van der Waals surface area contributed by atoms with Crippen molar-refractivity contribution in [3.63, 3.8) is 0 Å². The van der Waals surface area contributed by atoms with E-state index in [9.17, 15) is 14.9 Å². The molecular weight excluding hydrogens is 250 g/mol. The summed E-state index contributed by atoms with van der Waals surface area (Å²) in [5.41, 5.74) is 0.623. The highest BCUT2D eigenvalue weighted by molar-refractivity contribution is 5.95. The number of anilines is 1. The molecule has 0 aliphatic carbocycles. The van der Waals surface area contributed by atoms with E-state index in [0.29, 0.717) is 37.6 Å². The lowest BCUT2D eigenvalue weighted by Crippen LogP contribution is -2.40. The minimum absolute atomic E-state index is 0.0957. The number of amides is 1. The second-order valence-electron chi connectivity index (χ2n) is 4.14. The van der Waals surface area contributed by atoms with Crippen LogP contribution in [-0.4, -0.2) is 49.1 Å². The number of carbonyl (C=O) groups excluding carboxylic acids is 1. The average molecular weight is 265 g/mol. The van der Waals surface area contributed by atoms with Crippen molar-refractivity contribution in [1.82, 2.24) is 4.90 Å². The zero-order valence-electron chi connectivity index (χ0n) is 10.6. The van der Waals surface area contributed by atoms with Gasteiger partial charge in [-0.15, -0.1) is 0 Å². The molecule has 0 spiro atoms. The molecule has 1 heterocycles. The molecule has 0 atom stereocenters. The van der Waals surface area contributed by atoms with Gasteiger partial charge < -0.3 is 15.0 Å². The van der Waals surface area contributed by atoms with E-state index in [0.717, 1.165) is 0 Å². The highest BCUT2D eigenvalue weighted by atomic mass is 16.6. The Bertz CT molecular complexity index is 498. The smallest absolute Gasteiger partial charge is 0.293 e. The first-order chi connectivity index (χ1) is 9.13. The van der Waals surface area contributed by atoms with Gasteiger partial charge in [0.05, 0.1) is 18.1 Å². The zero-order chi connectivity index (χ0) is 13.8. The predicted molar refractivity (Wildman–Crippen MR) is 69.4 cm³/mol. The molecule has 1 saturated heterocycles. The quantitative estimate of drug-likeness (QED) is 0.653. The molecule has 7 heteroatoms. The van der Waals surface area contributed by atoms with Crippen molar-refractivity contribution in [2.45, 2.75) is 0 Å². The Morgan fingerprint density at radius 2 is 2.11 bits per heavy atom. The monoisotopic (exact) mass is 265 g/mol. The second kappa shape index (κ2) is 5.66. The summed E-state index contributed by atoms with van der Waals surface area (Å²) in [6.07, 6.45) is 0. The Morgan fingerprint density at radius 3 is 2.68 bits per heavy atom. The van der Waals surface area contributed by atoms with Gasteiger partial charge in [-0.25, -0.2) is 0 Å². The first-order valence-electron chi connectivity index (χ1n) is 5.96. The Morgan fingerprint density at radius 1 is 1.42 bits per heavy atom. The van der Waals surface area contributed by atoms with Gasteiger partial charge in [0.2, 0.25) is 0 Å². The van der Waals surface area contributed by atoms with Crippen molar-refractivity contribution >= 4 is 17.3 Å². The molecule has 0 aromatic heterocycles. The van der Waals surface area contributed by atoms with Crippen molar-refractivity contribution in [3.05, 3.63) is 33.9 Å². The Balaban J connectivity index is 2.26. The number of carbonyl (C=O) groups is 1. The molecule has 1 amide bonds. The third-order valence-corrected chi connectivity index (χ3v) is 3.01. The first kappa shape index (κ1) is 13.3. The standard InChI is InChI=1S/C12H15N3O4/c1-13-10-3-2-9(8-11(10)15(17)18)12(16)14-4-6-19-7-5-14/h2-3,8,13H,4-7H2,1H3. The number of morpholine rings is 1. The van der Waals surface area contributed by atoms with E-state index in [1.54, 1.807) is 24.1 Å². The Labute approximate surface area is 110 Å². The van der Waals surface area contributed by atoms with Gasteiger partial charge in [-0.3, -0.25) is 14.9 Å². The van der Waals surface area contributed by atoms with Crippen LogP contribution < -0.4 is 5.32 Å². The van der Waals surface area contributed by atoms with Crippen LogP contribution in [0.15, 0.2) is 18.2 Å². The molecular formula is C12H15N3O4. The lowest BCUT2D eigenvalue weighted by molar-refractivity contribution is -0.384. The molecule has 1 aliphatic heterocycles. The maximum Gasteiger partial charge on any atom is 0.293 e. The number of nitro benzene ring substituents is 1. The van der Waals surface area contributed by atoms with Crippen LogP contribution in [0.3, 0.4) is 0 Å². The fraction of sp³-hybridized carbons (Fsp3) is 0.417. The number of benzene rings is 1. The highest BCUT2D eigenvalue weighted by Crippen LogP contribution is 2.25. The van der Waals surface area contributed by atoms with E-state index in [1.165, 1.54) is 6.07 Å². The summed E-state index contributed by atoms with van der Waals surface area (Å²) in [7, 11) is 1.60. The number of hydrogen-bond donors (Lipinski definition) is 1. The minimum Gasteiger partial charge on any atom is -0.383 e. The number of nitrogens with zero attached hydrogens (tertiary/aromatic N) is 2. The number of nitro groups is 1. The average Bonchev–Trinajstić information content (AvgIpc) is 2.46. The highest BCUT2D eigenvalue weighted by Gasteiger charge is 2.22. The summed E-state index contributed by atoms with van der Waals surface area (Å²) in [6, 6.07) is 4.45. The molecule has 1 N–H and O–H groups in total. The maximum absolute atomic E-state index is 12.2. The topological polar surface area (TPSA) is 84.7 Å². The number of hydrogen-bond acceptors (Lipinski definition) is 5. The second-order valence-corrected chi connectivity index (χ2v) is 4.14. The van der Waals surface area contributed by atoms with Gasteiger partial charge in [-0.1, -0.05) is 0 Å². The molecule has 1 aromatic rings. The molecule has 1 aliphatic rings. The molecule has 19 heavy (non-hydrogen) atoms. The third kappa shape index (κ3) is 2.82. The molecule has 0 radical (unpaired) electrons. The molecule has 1 aromatic carbocycles. The van der Waals surface area contributed by atoms with Crippen molar-refractivity contribution in [1.29, 1.82) is 0 Å². The van der Waals surface area contributed by atoms with Crippen LogP contribution in [0.4, 0.5) is 11.4 Å². The third-order valence-electron chi connectivity index (χ3n) is 3.01. The number of rotatable bonds is 3. The lowest BCUT2D eigenvalue weighted by Gasteiger charge is -2.26. The lowest BCUT2D eigenvalue weighted by atomic mass is 10.1. The number of ether oxygens (including phenoxy) is 1. The predicted octanol–water partition coefficient (Wildman–Crippen LogP) is 1.11. The Kier molecular flexibility index (Phi) is 3.96. The summed E-state index contributed by atoms with van der Waals surface area (Å²) in [5, 5.41) is 13.7. The fourth-order valence-electron chi connectivity index (χ4n) is 1.98. The molecule has 0 unspecified atom stereocenters. The summed E-state index contributed by atoms with van der Waals surface area (Å²) < 4.78 is 5.17. The van der Waals surface area contributed by atoms with Gasteiger partial charge in [0.25, 0.3) is 11.6 Å². The molecule has 0 bridgehead atoms. The van der Waals surface area contributed by atoms with Gasteiger partial charge in [-0.05, 0) is 12.1 Å². The van der Waals surface area contributed by atoms with Crippen LogP contribution in [0.25, 0.3) is 0 Å². The largest absolute Gasteiger partial charge is 0.383 e. The van der Waals surface area contributed by atoms with Crippen LogP contribution in [0, 0.1) is 10.1 Å². The van der Waals surface area contributed by atoms with E-state index in [1.807, 2.05) is 0 Å². The molecule has 102 valence electrons. The van der Waals surface area contributed by atoms with Crippen LogP contribution in [0.5, 0.6) is 0 Å². The van der Waals surface area contributed by atoms with E-state index in [4.69, 9.17) is 4.74 Å². The van der Waals surface area contributed by atoms with E-state index >= 15 is 0 Å². The normalized spacial score (nSPS) is 15.1. The molecule has 1 fully saturated rings. The van der Waals surface area contributed by atoms with Crippen LogP contribution in [0.1, 0.15) is 10.4 Å². The molecule has 2 rings (SSSR count). The summed E-state index contributed by atoms with van der Waals surface area (Å²) >= 11 is 0. The van der Waals surface area contributed by atoms with Crippen molar-refractivity contribution in [2.75, 3.05) is 38.7 Å². The summed E-state index contributed by atoms with van der Waals surface area (Å²) in [5.74, 6) is -0.200. The first-order valence-corrected chi connectivity index (χ1v) is 5.96. The summed E-state index contributed by atoms with van der Waals surface area (Å²) in [4.78, 5) is 24.3. The van der Waals surface area contributed by atoms with Crippen molar-refractivity contribution < 1.29 is 14.5 Å². The minimum atomic E-state index is -0.498. The van der Waals surface area contributed by atoms with Crippen LogP contribution >= 0.6 is 0 Å². The zero-order valence-corrected chi connectivity index (χ0v) is 10.6. The maximum atomic E-state index is 12.2. The van der Waals surface area contributed by atoms with Gasteiger partial charge in [-0.2, -0.15) is 0 Å². The van der Waals surface area contributed by atoms with E-state index < -0.39 is 4.92 Å². The van der Waals surface area contributed by atoms with Gasteiger partial charge in [0.15, 0.2) is 0 Å². The van der Waals surface area contributed by atoms with Crippen LogP contribution in [0.2, 0.25) is 0 Å². The fourth-order valence-corrected chi connectivity index (χ4v) is 1.98. The van der Waals surface area contributed by atoms with Gasteiger partial charge >= 0.3 is 0 Å². The summed E-state index contributed by atoms with van der Waals surface area (Å²) in [6.45, 7) is 2.03. The molecule has 7 nitrogen and oxygen atoms in total. The van der Waals surface area contributed by atoms with Gasteiger partial charge in [0, 0.05) is 31.8 Å². The number of nitrogens with one attached hydrogen (secondary N) is 1. The molecule has 0 saturated carbocycles. The van der Waals surface area contributed by atoms with Gasteiger partial charge in [0.1, 0.15) is 5.69 Å².